The van der Waals surface area contributed by atoms with Crippen molar-refractivity contribution in [3.8, 4) is 0 Å². The molecule has 1 aromatic carbocycles. The van der Waals surface area contributed by atoms with Gasteiger partial charge in [-0.25, -0.2) is 0 Å². The van der Waals surface area contributed by atoms with Crippen LogP contribution in [0.25, 0.3) is 0 Å². The second-order valence-corrected chi connectivity index (χ2v) is 4.91. The first-order valence-corrected chi connectivity index (χ1v) is 5.88. The summed E-state index contributed by atoms with van der Waals surface area (Å²) < 4.78 is 0.946. The maximum absolute atomic E-state index is 11.1. The summed E-state index contributed by atoms with van der Waals surface area (Å²) >= 11 is 3.46. The molecule has 0 saturated carbocycles. The molecule has 3 nitrogen and oxygen atoms in total. The minimum absolute atomic E-state index is 0.131. The molecule has 0 aliphatic heterocycles. The zero-order valence-corrected chi connectivity index (χ0v) is 11.2. The number of hydrogen-bond acceptors (Lipinski definition) is 2. The normalized spacial score (nSPS) is 14.8. The molecule has 0 aliphatic carbocycles. The second-order valence-electron chi connectivity index (χ2n) is 4.06. The lowest BCUT2D eigenvalue weighted by Gasteiger charge is -2.28. The molecule has 4 heteroatoms. The molecule has 0 saturated heterocycles. The molecule has 0 fully saturated rings. The zero-order chi connectivity index (χ0) is 12.3. The highest BCUT2D eigenvalue weighted by Gasteiger charge is 2.28. The Kier molecular flexibility index (Phi) is 4.50. The fourth-order valence-electron chi connectivity index (χ4n) is 1.84. The predicted molar refractivity (Wildman–Crippen MR) is 67.4 cm³/mol. The van der Waals surface area contributed by atoms with E-state index in [1.54, 1.807) is 6.92 Å². The van der Waals surface area contributed by atoms with Gasteiger partial charge in [-0.3, -0.25) is 4.79 Å². The van der Waals surface area contributed by atoms with E-state index >= 15 is 0 Å². The summed E-state index contributed by atoms with van der Waals surface area (Å²) in [6, 6.07) is 7.60. The van der Waals surface area contributed by atoms with E-state index in [1.165, 1.54) is 0 Å². The van der Waals surface area contributed by atoms with E-state index in [2.05, 4.69) is 15.9 Å². The van der Waals surface area contributed by atoms with Crippen LogP contribution in [0.5, 0.6) is 0 Å². The summed E-state index contributed by atoms with van der Waals surface area (Å²) in [5, 5.41) is 9.11. The van der Waals surface area contributed by atoms with Crippen molar-refractivity contribution in [3.63, 3.8) is 0 Å². The van der Waals surface area contributed by atoms with Crippen molar-refractivity contribution in [1.82, 2.24) is 4.90 Å². The molecule has 1 aromatic rings. The molecule has 1 rings (SSSR count). The zero-order valence-electron chi connectivity index (χ0n) is 9.64. The average molecular weight is 286 g/mol. The molecule has 1 N–H and O–H groups in total. The monoisotopic (exact) mass is 285 g/mol. The first kappa shape index (κ1) is 13.2. The Bertz CT molecular complexity index is 379. The Balaban J connectivity index is 3.13. The van der Waals surface area contributed by atoms with E-state index in [9.17, 15) is 4.79 Å². The van der Waals surface area contributed by atoms with Crippen LogP contribution in [0.15, 0.2) is 28.7 Å². The van der Waals surface area contributed by atoms with Gasteiger partial charge in [0.1, 0.15) is 0 Å². The van der Waals surface area contributed by atoms with Crippen LogP contribution in [0.1, 0.15) is 18.5 Å². The van der Waals surface area contributed by atoms with Gasteiger partial charge in [0.2, 0.25) is 0 Å². The number of halogens is 1. The van der Waals surface area contributed by atoms with E-state index in [-0.39, 0.29) is 6.04 Å². The fourth-order valence-corrected chi connectivity index (χ4v) is 2.36. The molecule has 0 aromatic heterocycles. The Labute approximate surface area is 104 Å². The summed E-state index contributed by atoms with van der Waals surface area (Å²) in [6.45, 7) is 1.73. The maximum Gasteiger partial charge on any atom is 0.308 e. The Hall–Kier alpha value is -0.870. The van der Waals surface area contributed by atoms with Gasteiger partial charge in [0.25, 0.3) is 0 Å². The first-order chi connectivity index (χ1) is 7.45. The van der Waals surface area contributed by atoms with Gasteiger partial charge < -0.3 is 10.0 Å². The van der Waals surface area contributed by atoms with Crippen molar-refractivity contribution in [2.75, 3.05) is 14.1 Å². The summed E-state index contributed by atoms with van der Waals surface area (Å²) in [7, 11) is 3.78. The lowest BCUT2D eigenvalue weighted by atomic mass is 9.94. The van der Waals surface area contributed by atoms with Crippen LogP contribution in [-0.4, -0.2) is 30.1 Å². The summed E-state index contributed by atoms with van der Waals surface area (Å²) in [6.07, 6.45) is 0. The van der Waals surface area contributed by atoms with Gasteiger partial charge in [0.05, 0.1) is 5.92 Å². The molecule has 0 heterocycles. The lowest BCUT2D eigenvalue weighted by Crippen LogP contribution is -2.30. The highest BCUT2D eigenvalue weighted by atomic mass is 79.9. The lowest BCUT2D eigenvalue weighted by molar-refractivity contribution is -0.143. The van der Waals surface area contributed by atoms with Gasteiger partial charge in [0.15, 0.2) is 0 Å². The molecule has 0 amide bonds. The third-order valence-electron chi connectivity index (χ3n) is 2.64. The SMILES string of the molecule is CC(C(=O)O)C(c1ccccc1Br)N(C)C. The van der Waals surface area contributed by atoms with Crippen molar-refractivity contribution in [1.29, 1.82) is 0 Å². The number of nitrogens with zero attached hydrogens (tertiary/aromatic N) is 1. The van der Waals surface area contributed by atoms with E-state index < -0.39 is 11.9 Å². The highest BCUT2D eigenvalue weighted by Crippen LogP contribution is 2.32. The molecule has 0 aliphatic rings. The summed E-state index contributed by atoms with van der Waals surface area (Å²) in [5.74, 6) is -1.23. The van der Waals surface area contributed by atoms with Crippen LogP contribution >= 0.6 is 15.9 Å². The molecule has 0 radical (unpaired) electrons. The number of carboxylic acid groups (broad SMARTS) is 1. The molecule has 2 unspecified atom stereocenters. The largest absolute Gasteiger partial charge is 0.481 e. The van der Waals surface area contributed by atoms with Crippen molar-refractivity contribution >= 4 is 21.9 Å². The van der Waals surface area contributed by atoms with E-state index in [4.69, 9.17) is 5.11 Å². The van der Waals surface area contributed by atoms with Crippen molar-refractivity contribution in [3.05, 3.63) is 34.3 Å². The van der Waals surface area contributed by atoms with Crippen LogP contribution < -0.4 is 0 Å². The number of benzene rings is 1. The van der Waals surface area contributed by atoms with Crippen LogP contribution in [0.2, 0.25) is 0 Å². The van der Waals surface area contributed by atoms with Crippen molar-refractivity contribution < 1.29 is 9.90 Å². The van der Waals surface area contributed by atoms with Gasteiger partial charge >= 0.3 is 5.97 Å². The van der Waals surface area contributed by atoms with E-state index in [1.807, 2.05) is 43.3 Å². The smallest absolute Gasteiger partial charge is 0.308 e. The van der Waals surface area contributed by atoms with Crippen LogP contribution in [-0.2, 0) is 4.79 Å². The minimum Gasteiger partial charge on any atom is -0.481 e. The summed E-state index contributed by atoms with van der Waals surface area (Å²) in [4.78, 5) is 13.0. The molecule has 0 bridgehead atoms. The molecule has 16 heavy (non-hydrogen) atoms. The number of carboxylic acids is 1. The Morgan fingerprint density at radius 3 is 2.38 bits per heavy atom. The van der Waals surface area contributed by atoms with E-state index in [0.717, 1.165) is 10.0 Å². The Morgan fingerprint density at radius 1 is 1.38 bits per heavy atom. The predicted octanol–water partition coefficient (Wildman–Crippen LogP) is 2.77. The van der Waals surface area contributed by atoms with Crippen molar-refractivity contribution in [2.45, 2.75) is 13.0 Å². The maximum atomic E-state index is 11.1. The third kappa shape index (κ3) is 2.83. The van der Waals surface area contributed by atoms with Gasteiger partial charge in [-0.05, 0) is 25.7 Å². The number of hydrogen-bond donors (Lipinski definition) is 1. The minimum atomic E-state index is -0.783. The standard InChI is InChI=1S/C12H16BrNO2/c1-8(12(15)16)11(14(2)3)9-6-4-5-7-10(9)13/h4-8,11H,1-3H3,(H,15,16). The van der Waals surface area contributed by atoms with Crippen LogP contribution in [0.4, 0.5) is 0 Å². The number of aliphatic carboxylic acids is 1. The van der Waals surface area contributed by atoms with Gasteiger partial charge in [0, 0.05) is 10.5 Å². The van der Waals surface area contributed by atoms with Crippen molar-refractivity contribution in [2.24, 2.45) is 5.92 Å². The molecule has 0 spiro atoms. The molecule has 2 atom stereocenters. The quantitative estimate of drug-likeness (QED) is 0.925. The van der Waals surface area contributed by atoms with Crippen LogP contribution in [0, 0.1) is 5.92 Å². The van der Waals surface area contributed by atoms with Gasteiger partial charge in [-0.15, -0.1) is 0 Å². The second kappa shape index (κ2) is 5.46. The number of rotatable bonds is 4. The summed E-state index contributed by atoms with van der Waals surface area (Å²) in [5.41, 5.74) is 1.00. The number of carbonyl (C=O) groups is 1. The van der Waals surface area contributed by atoms with E-state index in [0.29, 0.717) is 0 Å². The Morgan fingerprint density at radius 2 is 1.94 bits per heavy atom. The molecular formula is C12H16BrNO2. The van der Waals surface area contributed by atoms with Crippen LogP contribution in [0.3, 0.4) is 0 Å². The topological polar surface area (TPSA) is 40.5 Å². The highest BCUT2D eigenvalue weighted by molar-refractivity contribution is 9.10. The fraction of sp³-hybridized carbons (Fsp3) is 0.417. The van der Waals surface area contributed by atoms with Gasteiger partial charge in [-0.1, -0.05) is 41.1 Å². The first-order valence-electron chi connectivity index (χ1n) is 5.08. The third-order valence-corrected chi connectivity index (χ3v) is 3.37. The average Bonchev–Trinajstić information content (AvgIpc) is 2.20. The molecule has 88 valence electrons. The molecular weight excluding hydrogens is 270 g/mol. The van der Waals surface area contributed by atoms with Gasteiger partial charge in [-0.2, -0.15) is 0 Å².